The van der Waals surface area contributed by atoms with Gasteiger partial charge in [-0.3, -0.25) is 19.4 Å². The first-order valence-electron chi connectivity index (χ1n) is 11.3. The standard InChI is InChI=1S/C24H32N4O3S/c1-19(25-23(29)24(30)28-13-15-31-16-14-28)22(21-8-5-17-32-21)27-11-9-26(10-12-27)18-20-6-3-2-4-7-20/h2-8,17,19,22H,9-16,18H2,1H3,(H,25,29)/t19-,22+/m1/s1. The van der Waals surface area contributed by atoms with Crippen LogP contribution in [-0.4, -0.2) is 85.0 Å². The first-order valence-corrected chi connectivity index (χ1v) is 12.2. The van der Waals surface area contributed by atoms with E-state index in [4.69, 9.17) is 4.74 Å². The van der Waals surface area contributed by atoms with Gasteiger partial charge < -0.3 is 15.0 Å². The quantitative estimate of drug-likeness (QED) is 0.674. The largest absolute Gasteiger partial charge is 0.378 e. The zero-order valence-corrected chi connectivity index (χ0v) is 19.4. The molecule has 2 aliphatic heterocycles. The Morgan fingerprint density at radius 2 is 1.72 bits per heavy atom. The third-order valence-corrected chi connectivity index (χ3v) is 7.15. The molecule has 3 heterocycles. The molecule has 7 nitrogen and oxygen atoms in total. The van der Waals surface area contributed by atoms with Crippen molar-refractivity contribution in [2.75, 3.05) is 52.5 Å². The van der Waals surface area contributed by atoms with Crippen molar-refractivity contribution in [1.82, 2.24) is 20.0 Å². The normalized spacial score (nSPS) is 20.0. The molecule has 2 aliphatic rings. The Morgan fingerprint density at radius 3 is 2.38 bits per heavy atom. The van der Waals surface area contributed by atoms with Crippen molar-refractivity contribution in [2.24, 2.45) is 0 Å². The topological polar surface area (TPSA) is 65.1 Å². The molecule has 2 aromatic rings. The minimum absolute atomic E-state index is 0.0512. The van der Waals surface area contributed by atoms with Crippen molar-refractivity contribution in [2.45, 2.75) is 25.6 Å². The highest BCUT2D eigenvalue weighted by atomic mass is 32.1. The number of nitrogens with zero attached hydrogens (tertiary/aromatic N) is 3. The van der Waals surface area contributed by atoms with Crippen LogP contribution >= 0.6 is 11.3 Å². The molecule has 2 saturated heterocycles. The van der Waals surface area contributed by atoms with E-state index < -0.39 is 11.8 Å². The number of amides is 2. The van der Waals surface area contributed by atoms with Gasteiger partial charge in [0.05, 0.1) is 19.3 Å². The van der Waals surface area contributed by atoms with Crippen LogP contribution in [0.25, 0.3) is 0 Å². The summed E-state index contributed by atoms with van der Waals surface area (Å²) in [5.41, 5.74) is 1.33. The number of nitrogens with one attached hydrogen (secondary N) is 1. The lowest BCUT2D eigenvalue weighted by molar-refractivity contribution is -0.149. The number of benzene rings is 1. The lowest BCUT2D eigenvalue weighted by Gasteiger charge is -2.41. The Kier molecular flexibility index (Phi) is 7.91. The fraction of sp³-hybridized carbons (Fsp3) is 0.500. The first-order chi connectivity index (χ1) is 15.6. The van der Waals surface area contributed by atoms with Crippen LogP contribution in [0.1, 0.15) is 23.4 Å². The van der Waals surface area contributed by atoms with Crippen LogP contribution in [-0.2, 0) is 20.9 Å². The monoisotopic (exact) mass is 456 g/mol. The maximum absolute atomic E-state index is 12.7. The van der Waals surface area contributed by atoms with E-state index in [1.165, 1.54) is 10.4 Å². The summed E-state index contributed by atoms with van der Waals surface area (Å²) in [4.78, 5) is 33.0. The minimum atomic E-state index is -0.524. The molecule has 0 radical (unpaired) electrons. The summed E-state index contributed by atoms with van der Waals surface area (Å²) < 4.78 is 5.29. The molecule has 0 unspecified atom stereocenters. The van der Waals surface area contributed by atoms with Gasteiger partial charge >= 0.3 is 11.8 Å². The molecular weight excluding hydrogens is 424 g/mol. The van der Waals surface area contributed by atoms with E-state index in [1.807, 2.05) is 19.1 Å². The van der Waals surface area contributed by atoms with Gasteiger partial charge in [0.1, 0.15) is 0 Å². The smallest absolute Gasteiger partial charge is 0.312 e. The highest BCUT2D eigenvalue weighted by Gasteiger charge is 2.33. The van der Waals surface area contributed by atoms with Gasteiger partial charge in [0.2, 0.25) is 0 Å². The Morgan fingerprint density at radius 1 is 1.00 bits per heavy atom. The van der Waals surface area contributed by atoms with Crippen molar-refractivity contribution in [3.05, 3.63) is 58.3 Å². The van der Waals surface area contributed by atoms with Gasteiger partial charge in [-0.1, -0.05) is 36.4 Å². The lowest BCUT2D eigenvalue weighted by atomic mass is 10.0. The maximum Gasteiger partial charge on any atom is 0.312 e. The fourth-order valence-corrected chi connectivity index (χ4v) is 5.46. The van der Waals surface area contributed by atoms with Crippen LogP contribution in [0.4, 0.5) is 0 Å². The Bertz CT molecular complexity index is 863. The zero-order chi connectivity index (χ0) is 22.3. The van der Waals surface area contributed by atoms with Gasteiger partial charge in [-0.25, -0.2) is 0 Å². The van der Waals surface area contributed by atoms with Crippen molar-refractivity contribution >= 4 is 23.2 Å². The van der Waals surface area contributed by atoms with E-state index in [2.05, 4.69) is 50.8 Å². The average Bonchev–Trinajstić information content (AvgIpc) is 3.35. The summed E-state index contributed by atoms with van der Waals surface area (Å²) >= 11 is 1.70. The molecule has 0 spiro atoms. The molecule has 1 aromatic heterocycles. The van der Waals surface area contributed by atoms with Crippen LogP contribution in [0.2, 0.25) is 0 Å². The van der Waals surface area contributed by atoms with Crippen LogP contribution < -0.4 is 5.32 Å². The van der Waals surface area contributed by atoms with Crippen molar-refractivity contribution in [1.29, 1.82) is 0 Å². The maximum atomic E-state index is 12.7. The van der Waals surface area contributed by atoms with Crippen LogP contribution in [0.3, 0.4) is 0 Å². The summed E-state index contributed by atoms with van der Waals surface area (Å²) in [6.45, 7) is 8.67. The second-order valence-corrected chi connectivity index (χ2v) is 9.40. The molecule has 2 fully saturated rings. The number of piperazine rings is 1. The van der Waals surface area contributed by atoms with E-state index in [0.717, 1.165) is 32.7 Å². The van der Waals surface area contributed by atoms with Gasteiger partial charge in [0, 0.05) is 56.7 Å². The summed E-state index contributed by atoms with van der Waals surface area (Å²) in [6, 6.07) is 14.6. The molecule has 8 heteroatoms. The lowest BCUT2D eigenvalue weighted by Crippen LogP contribution is -2.54. The van der Waals surface area contributed by atoms with E-state index in [1.54, 1.807) is 16.2 Å². The predicted octanol–water partition coefficient (Wildman–Crippen LogP) is 1.97. The number of hydrogen-bond donors (Lipinski definition) is 1. The zero-order valence-electron chi connectivity index (χ0n) is 18.6. The third-order valence-electron chi connectivity index (χ3n) is 6.21. The van der Waals surface area contributed by atoms with Gasteiger partial charge in [0.15, 0.2) is 0 Å². The third kappa shape index (κ3) is 5.75. The molecule has 0 saturated carbocycles. The van der Waals surface area contributed by atoms with E-state index in [-0.39, 0.29) is 12.1 Å². The van der Waals surface area contributed by atoms with Crippen LogP contribution in [0.5, 0.6) is 0 Å². The number of morpholine rings is 1. The Balaban J connectivity index is 1.37. The molecule has 172 valence electrons. The number of ether oxygens (including phenoxy) is 1. The molecule has 2 amide bonds. The highest BCUT2D eigenvalue weighted by Crippen LogP contribution is 2.29. The van der Waals surface area contributed by atoms with Gasteiger partial charge in [-0.2, -0.15) is 0 Å². The Hall–Kier alpha value is -2.26. The van der Waals surface area contributed by atoms with E-state index in [0.29, 0.717) is 26.3 Å². The van der Waals surface area contributed by atoms with E-state index in [9.17, 15) is 9.59 Å². The fourth-order valence-electron chi connectivity index (χ4n) is 4.50. The molecule has 0 bridgehead atoms. The molecule has 4 rings (SSSR count). The minimum Gasteiger partial charge on any atom is -0.378 e. The number of hydrogen-bond acceptors (Lipinski definition) is 6. The average molecular weight is 457 g/mol. The predicted molar refractivity (Wildman–Crippen MR) is 125 cm³/mol. The van der Waals surface area contributed by atoms with Gasteiger partial charge in [-0.05, 0) is 23.9 Å². The van der Waals surface area contributed by atoms with Crippen molar-refractivity contribution < 1.29 is 14.3 Å². The summed E-state index contributed by atoms with van der Waals surface area (Å²) in [6.07, 6.45) is 0. The SMILES string of the molecule is C[C@@H](NC(=O)C(=O)N1CCOCC1)[C@@H](c1cccs1)N1CCN(Cc2ccccc2)CC1. The van der Waals surface area contributed by atoms with Gasteiger partial charge in [-0.15, -0.1) is 11.3 Å². The summed E-state index contributed by atoms with van der Waals surface area (Å²) in [5, 5.41) is 5.06. The number of thiophene rings is 1. The van der Waals surface area contributed by atoms with E-state index >= 15 is 0 Å². The molecule has 2 atom stereocenters. The second-order valence-electron chi connectivity index (χ2n) is 8.42. The molecule has 1 aromatic carbocycles. The molecule has 1 N–H and O–H groups in total. The summed E-state index contributed by atoms with van der Waals surface area (Å²) in [7, 11) is 0. The molecule has 0 aliphatic carbocycles. The number of rotatable bonds is 6. The summed E-state index contributed by atoms with van der Waals surface area (Å²) in [5.74, 6) is -0.985. The molecular formula is C24H32N4O3S. The van der Waals surface area contributed by atoms with Crippen LogP contribution in [0.15, 0.2) is 47.8 Å². The second kappa shape index (κ2) is 11.0. The van der Waals surface area contributed by atoms with Crippen LogP contribution in [0, 0.1) is 0 Å². The molecule has 32 heavy (non-hydrogen) atoms. The van der Waals surface area contributed by atoms with Gasteiger partial charge in [0.25, 0.3) is 0 Å². The highest BCUT2D eigenvalue weighted by molar-refractivity contribution is 7.10. The Labute approximate surface area is 193 Å². The number of carbonyl (C=O) groups is 2. The first kappa shape index (κ1) is 22.9. The number of carbonyl (C=O) groups excluding carboxylic acids is 2. The van der Waals surface area contributed by atoms with Crippen molar-refractivity contribution in [3.63, 3.8) is 0 Å². The van der Waals surface area contributed by atoms with Crippen molar-refractivity contribution in [3.8, 4) is 0 Å².